The van der Waals surface area contributed by atoms with Crippen molar-refractivity contribution < 1.29 is 14.2 Å². The quantitative estimate of drug-likeness (QED) is 0.207. The fraction of sp³-hybridized carbons (Fsp3) is 0.138. The lowest BCUT2D eigenvalue weighted by Gasteiger charge is -2.20. The predicted octanol–water partition coefficient (Wildman–Crippen LogP) is 8.21. The zero-order valence-corrected chi connectivity index (χ0v) is 21.1. The van der Waals surface area contributed by atoms with Crippen LogP contribution >= 0.6 is 20.1 Å². The molecule has 4 aromatic carbocycles. The molecule has 0 fully saturated rings. The molecule has 4 nitrogen and oxygen atoms in total. The van der Waals surface area contributed by atoms with Crippen LogP contribution in [0.4, 0.5) is 0 Å². The van der Waals surface area contributed by atoms with Crippen molar-refractivity contribution >= 4 is 41.7 Å². The van der Waals surface area contributed by atoms with Crippen LogP contribution in [0.2, 0.25) is 0 Å². The minimum atomic E-state index is -1.63. The van der Waals surface area contributed by atoms with Crippen molar-refractivity contribution in [1.82, 2.24) is 4.98 Å². The first-order valence-electron chi connectivity index (χ1n) is 11.6. The Balaban J connectivity index is 1.60. The molecule has 0 aliphatic rings. The van der Waals surface area contributed by atoms with Crippen molar-refractivity contribution in [3.8, 4) is 11.6 Å². The summed E-state index contributed by atoms with van der Waals surface area (Å²) < 4.78 is 12.2. The second-order valence-corrected chi connectivity index (χ2v) is 10.4. The second kappa shape index (κ2) is 11.1. The number of aliphatic hydroxyl groups excluding tert-OH is 1. The third kappa shape index (κ3) is 5.28. The van der Waals surface area contributed by atoms with E-state index >= 15 is 0 Å². The van der Waals surface area contributed by atoms with Gasteiger partial charge in [0.05, 0.1) is 4.90 Å². The zero-order valence-electron chi connectivity index (χ0n) is 19.4. The molecule has 35 heavy (non-hydrogen) atoms. The molecule has 1 N–H and O–H groups in total. The largest absolute Gasteiger partial charge is 0.436 e. The van der Waals surface area contributed by atoms with E-state index in [1.807, 2.05) is 30.3 Å². The first kappa shape index (κ1) is 23.6. The van der Waals surface area contributed by atoms with Gasteiger partial charge in [0, 0.05) is 17.2 Å². The van der Waals surface area contributed by atoms with Crippen molar-refractivity contribution in [3.63, 3.8) is 0 Å². The van der Waals surface area contributed by atoms with Crippen molar-refractivity contribution in [1.29, 1.82) is 0 Å². The Morgan fingerprint density at radius 3 is 2.14 bits per heavy atom. The first-order chi connectivity index (χ1) is 17.3. The topological polar surface area (TPSA) is 51.6 Å². The number of pyridine rings is 1. The number of aryl methyl sites for hydroxylation is 1. The maximum Gasteiger partial charge on any atom is 0.319 e. The van der Waals surface area contributed by atoms with Gasteiger partial charge >= 0.3 is 8.38 Å². The Bertz CT molecular complexity index is 1440. The van der Waals surface area contributed by atoms with E-state index in [1.165, 1.54) is 21.2 Å². The highest BCUT2D eigenvalue weighted by atomic mass is 32.2. The molecule has 0 bridgehead atoms. The molecule has 176 valence electrons. The fourth-order valence-electron chi connectivity index (χ4n) is 4.07. The number of aromatic nitrogens is 1. The van der Waals surface area contributed by atoms with Crippen LogP contribution in [0.3, 0.4) is 0 Å². The molecule has 1 unspecified atom stereocenters. The zero-order chi connectivity index (χ0) is 24.0. The van der Waals surface area contributed by atoms with Gasteiger partial charge in [0.25, 0.3) is 0 Å². The van der Waals surface area contributed by atoms with Crippen molar-refractivity contribution in [3.05, 3.63) is 103 Å². The highest BCUT2D eigenvalue weighted by Crippen LogP contribution is 2.48. The molecule has 1 heterocycles. The van der Waals surface area contributed by atoms with Gasteiger partial charge in [-0.05, 0) is 45.7 Å². The van der Waals surface area contributed by atoms with E-state index in [1.54, 1.807) is 24.0 Å². The summed E-state index contributed by atoms with van der Waals surface area (Å²) in [6.07, 6.45) is 3.49. The summed E-state index contributed by atoms with van der Waals surface area (Å²) >= 11 is 1.73. The molecule has 0 amide bonds. The monoisotopic (exact) mass is 499 g/mol. The number of fused-ring (bicyclic) bond motifs is 2. The molecular formula is C29H26NO3PS. The highest BCUT2D eigenvalue weighted by Gasteiger charge is 2.20. The fourth-order valence-corrected chi connectivity index (χ4v) is 6.28. The molecule has 1 aromatic heterocycles. The molecule has 0 aliphatic carbocycles. The van der Waals surface area contributed by atoms with Gasteiger partial charge in [-0.2, -0.15) is 0 Å². The summed E-state index contributed by atoms with van der Waals surface area (Å²) in [6.45, 7) is 2.21. The van der Waals surface area contributed by atoms with E-state index in [4.69, 9.17) is 9.05 Å². The van der Waals surface area contributed by atoms with Crippen LogP contribution in [0.15, 0.2) is 107 Å². The summed E-state index contributed by atoms with van der Waals surface area (Å²) in [5.41, 5.74) is 1.32. The number of hydrogen-bond donors (Lipinski definition) is 1. The molecule has 0 saturated carbocycles. The maximum atomic E-state index is 10.0. The SMILES string of the molecule is CCCc1ccc2ccccc2c1Sc1c(OP(CO)Oc2ccccn2)ccc2ccccc12. The molecule has 0 spiro atoms. The van der Waals surface area contributed by atoms with Gasteiger partial charge in [-0.15, -0.1) is 0 Å². The molecule has 6 heteroatoms. The van der Waals surface area contributed by atoms with E-state index in [0.29, 0.717) is 11.6 Å². The molecule has 0 saturated heterocycles. The number of benzene rings is 4. The standard InChI is InChI=1S/C29H26NO3PS/c1-2-9-23-16-15-21-10-3-5-12-24(21)28(23)35-29-25-13-6-4-11-22(25)17-18-26(29)32-34(20-31)33-27-14-7-8-19-30-27/h3-8,10-19,31H,2,9,20H2,1H3. The third-order valence-electron chi connectivity index (χ3n) is 5.68. The Kier molecular flexibility index (Phi) is 7.48. The molecule has 1 atom stereocenters. The number of aliphatic hydroxyl groups is 1. The van der Waals surface area contributed by atoms with E-state index < -0.39 is 8.38 Å². The van der Waals surface area contributed by atoms with Crippen LogP contribution in [-0.4, -0.2) is 16.4 Å². The molecule has 0 radical (unpaired) electrons. The molecule has 5 rings (SSSR count). The average Bonchev–Trinajstić information content (AvgIpc) is 2.91. The van der Waals surface area contributed by atoms with Gasteiger partial charge in [-0.25, -0.2) is 4.98 Å². The Morgan fingerprint density at radius 2 is 1.46 bits per heavy atom. The number of rotatable bonds is 9. The highest BCUT2D eigenvalue weighted by molar-refractivity contribution is 8.00. The van der Waals surface area contributed by atoms with Crippen LogP contribution in [0.1, 0.15) is 18.9 Å². The Morgan fingerprint density at radius 1 is 0.771 bits per heavy atom. The Labute approximate surface area is 210 Å². The summed E-state index contributed by atoms with van der Waals surface area (Å²) in [5.74, 6) is 1.13. The normalized spacial score (nSPS) is 12.1. The van der Waals surface area contributed by atoms with Gasteiger partial charge in [-0.3, -0.25) is 0 Å². The molecular weight excluding hydrogens is 473 g/mol. The van der Waals surface area contributed by atoms with Crippen LogP contribution in [0.5, 0.6) is 11.6 Å². The lowest BCUT2D eigenvalue weighted by molar-refractivity contribution is 0.333. The summed E-state index contributed by atoms with van der Waals surface area (Å²) in [5, 5.41) is 14.7. The maximum absolute atomic E-state index is 10.0. The van der Waals surface area contributed by atoms with Crippen LogP contribution in [-0.2, 0) is 6.42 Å². The van der Waals surface area contributed by atoms with Crippen LogP contribution in [0.25, 0.3) is 21.5 Å². The number of nitrogens with zero attached hydrogens (tertiary/aromatic N) is 1. The van der Waals surface area contributed by atoms with Crippen molar-refractivity contribution in [2.75, 3.05) is 6.35 Å². The first-order valence-corrected chi connectivity index (χ1v) is 13.8. The lowest BCUT2D eigenvalue weighted by Crippen LogP contribution is -2.01. The van der Waals surface area contributed by atoms with Gasteiger partial charge in [0.2, 0.25) is 5.88 Å². The van der Waals surface area contributed by atoms with Gasteiger partial charge in [0.15, 0.2) is 0 Å². The Hall–Kier alpha value is -3.11. The van der Waals surface area contributed by atoms with Crippen molar-refractivity contribution in [2.45, 2.75) is 29.6 Å². The van der Waals surface area contributed by atoms with E-state index in [9.17, 15) is 5.11 Å². The summed E-state index contributed by atoms with van der Waals surface area (Å²) in [7, 11) is -1.63. The van der Waals surface area contributed by atoms with Crippen LogP contribution < -0.4 is 9.05 Å². The van der Waals surface area contributed by atoms with Crippen molar-refractivity contribution in [2.24, 2.45) is 0 Å². The van der Waals surface area contributed by atoms with Crippen LogP contribution in [0, 0.1) is 0 Å². The second-order valence-electron chi connectivity index (χ2n) is 8.07. The van der Waals surface area contributed by atoms with Gasteiger partial charge < -0.3 is 14.2 Å². The minimum absolute atomic E-state index is 0.238. The number of hydrogen-bond acceptors (Lipinski definition) is 5. The van der Waals surface area contributed by atoms with E-state index in [2.05, 4.69) is 66.5 Å². The van der Waals surface area contributed by atoms with E-state index in [-0.39, 0.29) is 6.35 Å². The smallest absolute Gasteiger partial charge is 0.319 e. The lowest BCUT2D eigenvalue weighted by atomic mass is 10.0. The van der Waals surface area contributed by atoms with Gasteiger partial charge in [0.1, 0.15) is 12.1 Å². The summed E-state index contributed by atoms with van der Waals surface area (Å²) in [6, 6.07) is 30.7. The van der Waals surface area contributed by atoms with Gasteiger partial charge in [-0.1, -0.05) is 97.9 Å². The average molecular weight is 500 g/mol. The molecule has 5 aromatic rings. The minimum Gasteiger partial charge on any atom is -0.436 e. The summed E-state index contributed by atoms with van der Waals surface area (Å²) in [4.78, 5) is 6.47. The molecule has 0 aliphatic heterocycles. The third-order valence-corrected chi connectivity index (χ3v) is 8.01. The predicted molar refractivity (Wildman–Crippen MR) is 146 cm³/mol. The van der Waals surface area contributed by atoms with E-state index in [0.717, 1.165) is 28.5 Å².